The Kier molecular flexibility index (Phi) is 8.33. The number of amides is 1. The summed E-state index contributed by atoms with van der Waals surface area (Å²) >= 11 is 0. The summed E-state index contributed by atoms with van der Waals surface area (Å²) < 4.78 is 10.2. The minimum Gasteiger partial charge on any atom is -0.382 e. The highest BCUT2D eigenvalue weighted by molar-refractivity contribution is 5.94. The topological polar surface area (TPSA) is 72.5 Å². The van der Waals surface area contributed by atoms with Crippen molar-refractivity contribution in [3.8, 4) is 0 Å². The first kappa shape index (κ1) is 16.4. The van der Waals surface area contributed by atoms with E-state index in [-0.39, 0.29) is 5.91 Å². The summed E-state index contributed by atoms with van der Waals surface area (Å²) in [4.78, 5) is 16.0. The molecule has 1 heterocycles. The largest absolute Gasteiger partial charge is 0.382 e. The third-order valence-electron chi connectivity index (χ3n) is 2.56. The molecular weight excluding hydrogens is 258 g/mol. The number of anilines is 1. The molecule has 112 valence electrons. The number of nitrogens with one attached hydrogen (secondary N) is 2. The number of methoxy groups -OCH3 is 1. The molecule has 0 fully saturated rings. The van der Waals surface area contributed by atoms with E-state index in [9.17, 15) is 4.79 Å². The predicted molar refractivity (Wildman–Crippen MR) is 78.0 cm³/mol. The van der Waals surface area contributed by atoms with E-state index in [1.165, 1.54) is 0 Å². The first-order valence-corrected chi connectivity index (χ1v) is 6.82. The monoisotopic (exact) mass is 281 g/mol. The molecule has 0 unspecified atom stereocenters. The van der Waals surface area contributed by atoms with Crippen molar-refractivity contribution >= 4 is 11.7 Å². The Morgan fingerprint density at radius 3 is 2.95 bits per heavy atom. The van der Waals surface area contributed by atoms with Gasteiger partial charge in [-0.15, -0.1) is 0 Å². The van der Waals surface area contributed by atoms with Gasteiger partial charge in [-0.2, -0.15) is 0 Å². The minimum absolute atomic E-state index is 0.0940. The average Bonchev–Trinajstić information content (AvgIpc) is 2.47. The van der Waals surface area contributed by atoms with Gasteiger partial charge in [0.1, 0.15) is 5.82 Å². The van der Waals surface area contributed by atoms with E-state index in [4.69, 9.17) is 9.47 Å². The number of carbonyl (C=O) groups excluding carboxylic acids is 1. The highest BCUT2D eigenvalue weighted by atomic mass is 16.5. The lowest BCUT2D eigenvalue weighted by atomic mass is 10.2. The van der Waals surface area contributed by atoms with Crippen molar-refractivity contribution in [1.82, 2.24) is 10.3 Å². The zero-order valence-corrected chi connectivity index (χ0v) is 12.1. The van der Waals surface area contributed by atoms with Crippen molar-refractivity contribution in [3.63, 3.8) is 0 Å². The number of carbonyl (C=O) groups is 1. The lowest BCUT2D eigenvalue weighted by Crippen LogP contribution is -2.25. The molecule has 0 atom stereocenters. The molecule has 20 heavy (non-hydrogen) atoms. The summed E-state index contributed by atoms with van der Waals surface area (Å²) in [5.74, 6) is 0.617. The summed E-state index contributed by atoms with van der Waals surface area (Å²) in [6, 6.07) is 3.44. The van der Waals surface area contributed by atoms with E-state index in [1.807, 2.05) is 6.92 Å². The van der Waals surface area contributed by atoms with Crippen LogP contribution in [0.5, 0.6) is 0 Å². The molecule has 0 saturated carbocycles. The van der Waals surface area contributed by atoms with Crippen molar-refractivity contribution in [1.29, 1.82) is 0 Å². The highest BCUT2D eigenvalue weighted by Gasteiger charge is 2.05. The molecule has 0 aliphatic carbocycles. The van der Waals surface area contributed by atoms with Crippen molar-refractivity contribution in [2.45, 2.75) is 13.3 Å². The van der Waals surface area contributed by atoms with Crippen molar-refractivity contribution in [2.24, 2.45) is 0 Å². The summed E-state index contributed by atoms with van der Waals surface area (Å²) in [5.41, 5.74) is 0.608. The molecule has 0 aliphatic rings. The lowest BCUT2D eigenvalue weighted by molar-refractivity contribution is 0.0688. The van der Waals surface area contributed by atoms with E-state index in [2.05, 4.69) is 15.6 Å². The van der Waals surface area contributed by atoms with Crippen molar-refractivity contribution < 1.29 is 14.3 Å². The molecule has 0 aliphatic heterocycles. The van der Waals surface area contributed by atoms with Gasteiger partial charge in [-0.05, 0) is 25.5 Å². The third kappa shape index (κ3) is 6.49. The Morgan fingerprint density at radius 1 is 1.35 bits per heavy atom. The molecule has 1 amide bonds. The molecule has 0 radical (unpaired) electrons. The number of rotatable bonds is 10. The van der Waals surface area contributed by atoms with Crippen LogP contribution in [0.3, 0.4) is 0 Å². The maximum Gasteiger partial charge on any atom is 0.251 e. The van der Waals surface area contributed by atoms with Crippen LogP contribution >= 0.6 is 0 Å². The smallest absolute Gasteiger partial charge is 0.251 e. The van der Waals surface area contributed by atoms with Gasteiger partial charge >= 0.3 is 0 Å². The van der Waals surface area contributed by atoms with Gasteiger partial charge in [0.15, 0.2) is 0 Å². The number of nitrogens with zero attached hydrogens (tertiary/aromatic N) is 1. The maximum absolute atomic E-state index is 11.9. The summed E-state index contributed by atoms with van der Waals surface area (Å²) in [6.07, 6.45) is 2.40. The van der Waals surface area contributed by atoms with E-state index in [0.717, 1.165) is 13.0 Å². The van der Waals surface area contributed by atoms with E-state index >= 15 is 0 Å². The minimum atomic E-state index is -0.0940. The third-order valence-corrected chi connectivity index (χ3v) is 2.56. The van der Waals surface area contributed by atoms with Gasteiger partial charge in [0, 0.05) is 38.6 Å². The number of pyridine rings is 1. The van der Waals surface area contributed by atoms with Crippen LogP contribution in [0.2, 0.25) is 0 Å². The fourth-order valence-corrected chi connectivity index (χ4v) is 1.57. The van der Waals surface area contributed by atoms with Crippen LogP contribution < -0.4 is 10.6 Å². The van der Waals surface area contributed by atoms with Crippen LogP contribution in [0.1, 0.15) is 23.7 Å². The van der Waals surface area contributed by atoms with Gasteiger partial charge in [0.2, 0.25) is 0 Å². The van der Waals surface area contributed by atoms with Gasteiger partial charge in [-0.1, -0.05) is 0 Å². The van der Waals surface area contributed by atoms with Crippen molar-refractivity contribution in [2.75, 3.05) is 45.3 Å². The Morgan fingerprint density at radius 2 is 2.20 bits per heavy atom. The van der Waals surface area contributed by atoms with Crippen LogP contribution in [0.4, 0.5) is 5.82 Å². The molecule has 2 N–H and O–H groups in total. The first-order chi connectivity index (χ1) is 9.77. The fraction of sp³-hybridized carbons (Fsp3) is 0.571. The first-order valence-electron chi connectivity index (χ1n) is 6.82. The molecular formula is C14H23N3O3. The lowest BCUT2D eigenvalue weighted by Gasteiger charge is -2.07. The molecule has 6 heteroatoms. The van der Waals surface area contributed by atoms with Gasteiger partial charge in [-0.3, -0.25) is 4.79 Å². The number of hydrogen-bond acceptors (Lipinski definition) is 5. The zero-order chi connectivity index (χ0) is 14.6. The normalized spacial score (nSPS) is 10.3. The SMILES string of the molecule is CCNc1cc(C(=O)NCCCOCCOC)ccn1. The highest BCUT2D eigenvalue weighted by Crippen LogP contribution is 2.06. The Hall–Kier alpha value is -1.66. The molecule has 0 saturated heterocycles. The van der Waals surface area contributed by atoms with Gasteiger partial charge in [-0.25, -0.2) is 4.98 Å². The molecule has 6 nitrogen and oxygen atoms in total. The van der Waals surface area contributed by atoms with Crippen LogP contribution in [0.25, 0.3) is 0 Å². The molecule has 0 spiro atoms. The average molecular weight is 281 g/mol. The second kappa shape index (κ2) is 10.2. The zero-order valence-electron chi connectivity index (χ0n) is 12.1. The van der Waals surface area contributed by atoms with Crippen LogP contribution in [-0.2, 0) is 9.47 Å². The molecule has 0 bridgehead atoms. The van der Waals surface area contributed by atoms with Crippen LogP contribution in [0, 0.1) is 0 Å². The van der Waals surface area contributed by atoms with E-state index in [1.54, 1.807) is 25.4 Å². The Balaban J connectivity index is 2.23. The molecule has 1 aromatic rings. The Labute approximate surface area is 119 Å². The summed E-state index contributed by atoms with van der Waals surface area (Å²) in [7, 11) is 1.64. The standard InChI is InChI=1S/C14H23N3O3/c1-3-15-13-11-12(5-7-16-13)14(18)17-6-4-8-20-10-9-19-2/h5,7,11H,3-4,6,8-10H2,1-2H3,(H,15,16)(H,17,18). The molecule has 0 aromatic carbocycles. The Bertz CT molecular complexity index is 399. The fourth-order valence-electron chi connectivity index (χ4n) is 1.57. The quantitative estimate of drug-likeness (QED) is 0.632. The second-order valence-electron chi connectivity index (χ2n) is 4.17. The maximum atomic E-state index is 11.9. The number of ether oxygens (including phenoxy) is 2. The van der Waals surface area contributed by atoms with E-state index < -0.39 is 0 Å². The number of hydrogen-bond donors (Lipinski definition) is 2. The van der Waals surface area contributed by atoms with Crippen LogP contribution in [-0.4, -0.2) is 50.9 Å². The van der Waals surface area contributed by atoms with Crippen molar-refractivity contribution in [3.05, 3.63) is 23.9 Å². The molecule has 1 rings (SSSR count). The van der Waals surface area contributed by atoms with Gasteiger partial charge < -0.3 is 20.1 Å². The second-order valence-corrected chi connectivity index (χ2v) is 4.17. The summed E-state index contributed by atoms with van der Waals surface area (Å²) in [5, 5.41) is 5.93. The van der Waals surface area contributed by atoms with Gasteiger partial charge in [0.05, 0.1) is 13.2 Å². The molecule has 1 aromatic heterocycles. The number of aromatic nitrogens is 1. The predicted octanol–water partition coefficient (Wildman–Crippen LogP) is 1.30. The summed E-state index contributed by atoms with van der Waals surface area (Å²) in [6.45, 7) is 5.14. The van der Waals surface area contributed by atoms with Crippen LogP contribution in [0.15, 0.2) is 18.3 Å². The van der Waals surface area contributed by atoms with Gasteiger partial charge in [0.25, 0.3) is 5.91 Å². The van der Waals surface area contributed by atoms with E-state index in [0.29, 0.717) is 37.7 Å².